The number of hydrogen-bond donors (Lipinski definition) is 0. The average molecular weight is 193 g/mol. The Balaban J connectivity index is 3.61. The van der Waals surface area contributed by atoms with Gasteiger partial charge >= 0.3 is 0 Å². The Morgan fingerprint density at radius 3 is 2.29 bits per heavy atom. The maximum Gasteiger partial charge on any atom is 0.283 e. The standard InChI is InChI=1S/C10H11NO3/c1-6-4-9(5-12)10(11(13)14)8(3)7(6)2/h4-5H,1-3H3. The van der Waals surface area contributed by atoms with E-state index in [1.54, 1.807) is 13.0 Å². The Labute approximate surface area is 81.7 Å². The molecule has 0 aromatic heterocycles. The second-order valence-corrected chi connectivity index (χ2v) is 3.26. The lowest BCUT2D eigenvalue weighted by molar-refractivity contribution is -0.385. The molecule has 74 valence electrons. The summed E-state index contributed by atoms with van der Waals surface area (Å²) in [5, 5.41) is 10.7. The number of aryl methyl sites for hydroxylation is 1. The Kier molecular flexibility index (Phi) is 2.65. The number of nitro groups is 1. The quantitative estimate of drug-likeness (QED) is 0.411. The van der Waals surface area contributed by atoms with E-state index in [4.69, 9.17) is 0 Å². The first-order valence-corrected chi connectivity index (χ1v) is 4.19. The van der Waals surface area contributed by atoms with Crippen LogP contribution in [0.4, 0.5) is 5.69 Å². The summed E-state index contributed by atoms with van der Waals surface area (Å²) in [6.07, 6.45) is 0.525. The number of benzene rings is 1. The molecule has 0 heterocycles. The summed E-state index contributed by atoms with van der Waals surface area (Å²) in [6.45, 7) is 5.30. The fraction of sp³-hybridized carbons (Fsp3) is 0.300. The van der Waals surface area contributed by atoms with E-state index in [-0.39, 0.29) is 11.3 Å². The molecule has 0 aliphatic carbocycles. The summed E-state index contributed by atoms with van der Waals surface area (Å²) >= 11 is 0. The van der Waals surface area contributed by atoms with Gasteiger partial charge in [0.1, 0.15) is 0 Å². The Morgan fingerprint density at radius 1 is 1.29 bits per heavy atom. The molecule has 0 aliphatic heterocycles. The van der Waals surface area contributed by atoms with E-state index in [2.05, 4.69) is 0 Å². The number of rotatable bonds is 2. The average Bonchev–Trinajstić information content (AvgIpc) is 2.12. The fourth-order valence-electron chi connectivity index (χ4n) is 1.43. The molecule has 1 rings (SSSR count). The summed E-state index contributed by atoms with van der Waals surface area (Å²) in [6, 6.07) is 1.55. The van der Waals surface area contributed by atoms with Crippen LogP contribution in [0.5, 0.6) is 0 Å². The van der Waals surface area contributed by atoms with Crippen molar-refractivity contribution in [3.05, 3.63) is 38.4 Å². The van der Waals surface area contributed by atoms with Gasteiger partial charge in [-0.1, -0.05) is 0 Å². The number of nitro benzene ring substituents is 1. The van der Waals surface area contributed by atoms with Gasteiger partial charge < -0.3 is 0 Å². The van der Waals surface area contributed by atoms with Crippen molar-refractivity contribution >= 4 is 12.0 Å². The molecular formula is C10H11NO3. The Bertz CT molecular complexity index is 410. The summed E-state index contributed by atoms with van der Waals surface area (Å²) in [4.78, 5) is 20.8. The first-order valence-electron chi connectivity index (χ1n) is 4.19. The number of carbonyl (C=O) groups excluding carboxylic acids is 1. The second-order valence-electron chi connectivity index (χ2n) is 3.26. The molecule has 14 heavy (non-hydrogen) atoms. The second kappa shape index (κ2) is 3.57. The van der Waals surface area contributed by atoms with Crippen molar-refractivity contribution in [3.63, 3.8) is 0 Å². The van der Waals surface area contributed by atoms with Crippen LogP contribution in [0.2, 0.25) is 0 Å². The highest BCUT2D eigenvalue weighted by molar-refractivity contribution is 5.83. The van der Waals surface area contributed by atoms with E-state index >= 15 is 0 Å². The molecule has 4 nitrogen and oxygen atoms in total. The number of carbonyl (C=O) groups is 1. The minimum atomic E-state index is -0.508. The van der Waals surface area contributed by atoms with Crippen LogP contribution in [0.15, 0.2) is 6.07 Å². The molecular weight excluding hydrogens is 182 g/mol. The van der Waals surface area contributed by atoms with Gasteiger partial charge in [-0.3, -0.25) is 14.9 Å². The van der Waals surface area contributed by atoms with Crippen molar-refractivity contribution in [2.24, 2.45) is 0 Å². The zero-order valence-corrected chi connectivity index (χ0v) is 8.33. The highest BCUT2D eigenvalue weighted by atomic mass is 16.6. The van der Waals surface area contributed by atoms with E-state index < -0.39 is 4.92 Å². The molecule has 0 spiro atoms. The van der Waals surface area contributed by atoms with Crippen LogP contribution in [-0.4, -0.2) is 11.2 Å². The third-order valence-corrected chi connectivity index (χ3v) is 2.46. The van der Waals surface area contributed by atoms with Crippen molar-refractivity contribution in [1.29, 1.82) is 0 Å². The minimum Gasteiger partial charge on any atom is -0.298 e. The lowest BCUT2D eigenvalue weighted by Gasteiger charge is -2.06. The Morgan fingerprint density at radius 2 is 1.86 bits per heavy atom. The first kappa shape index (κ1) is 10.4. The van der Waals surface area contributed by atoms with Crippen LogP contribution in [0.1, 0.15) is 27.0 Å². The van der Waals surface area contributed by atoms with Crippen LogP contribution in [0.25, 0.3) is 0 Å². The minimum absolute atomic E-state index is 0.0805. The van der Waals surface area contributed by atoms with E-state index in [9.17, 15) is 14.9 Å². The zero-order valence-electron chi connectivity index (χ0n) is 8.33. The van der Waals surface area contributed by atoms with Crippen molar-refractivity contribution in [3.8, 4) is 0 Å². The van der Waals surface area contributed by atoms with Crippen LogP contribution in [0.3, 0.4) is 0 Å². The third-order valence-electron chi connectivity index (χ3n) is 2.46. The highest BCUT2D eigenvalue weighted by Crippen LogP contribution is 2.27. The SMILES string of the molecule is Cc1cc(C=O)c([N+](=O)[O-])c(C)c1C. The first-order chi connectivity index (χ1) is 6.49. The summed E-state index contributed by atoms with van der Waals surface area (Å²) in [5.74, 6) is 0. The van der Waals surface area contributed by atoms with E-state index in [0.717, 1.165) is 11.1 Å². The topological polar surface area (TPSA) is 60.2 Å². The van der Waals surface area contributed by atoms with Gasteiger partial charge in [-0.25, -0.2) is 0 Å². The largest absolute Gasteiger partial charge is 0.298 e. The molecule has 1 aromatic carbocycles. The molecule has 0 amide bonds. The number of hydrogen-bond acceptors (Lipinski definition) is 3. The molecule has 0 atom stereocenters. The molecule has 0 saturated carbocycles. The highest BCUT2D eigenvalue weighted by Gasteiger charge is 2.19. The monoisotopic (exact) mass is 193 g/mol. The molecule has 0 N–H and O–H groups in total. The van der Waals surface area contributed by atoms with E-state index in [1.165, 1.54) is 0 Å². The van der Waals surface area contributed by atoms with Crippen LogP contribution in [-0.2, 0) is 0 Å². The third kappa shape index (κ3) is 1.51. The maximum atomic E-state index is 10.7. The molecule has 4 heteroatoms. The van der Waals surface area contributed by atoms with Gasteiger partial charge in [0, 0.05) is 5.56 Å². The summed E-state index contributed by atoms with van der Waals surface area (Å²) in [5.41, 5.74) is 2.40. The van der Waals surface area contributed by atoms with E-state index in [1.807, 2.05) is 13.8 Å². The maximum absolute atomic E-state index is 10.7. The van der Waals surface area contributed by atoms with Gasteiger partial charge in [-0.15, -0.1) is 0 Å². The fourth-order valence-corrected chi connectivity index (χ4v) is 1.43. The zero-order chi connectivity index (χ0) is 10.9. The van der Waals surface area contributed by atoms with Gasteiger partial charge in [0.25, 0.3) is 5.69 Å². The number of aldehydes is 1. The molecule has 0 saturated heterocycles. The number of nitrogens with zero attached hydrogens (tertiary/aromatic N) is 1. The van der Waals surface area contributed by atoms with Gasteiger partial charge in [-0.2, -0.15) is 0 Å². The smallest absolute Gasteiger partial charge is 0.283 e. The van der Waals surface area contributed by atoms with Crippen molar-refractivity contribution in [2.45, 2.75) is 20.8 Å². The predicted octanol–water partition coefficient (Wildman–Crippen LogP) is 2.33. The van der Waals surface area contributed by atoms with Crippen molar-refractivity contribution < 1.29 is 9.72 Å². The van der Waals surface area contributed by atoms with Gasteiger partial charge in [0.15, 0.2) is 6.29 Å². The van der Waals surface area contributed by atoms with Gasteiger partial charge in [-0.05, 0) is 38.0 Å². The summed E-state index contributed by atoms with van der Waals surface area (Å²) in [7, 11) is 0. The van der Waals surface area contributed by atoms with Crippen LogP contribution in [0, 0.1) is 30.9 Å². The lowest BCUT2D eigenvalue weighted by Crippen LogP contribution is -2.01. The molecule has 0 aliphatic rings. The van der Waals surface area contributed by atoms with Gasteiger partial charge in [0.2, 0.25) is 0 Å². The van der Waals surface area contributed by atoms with E-state index in [0.29, 0.717) is 11.8 Å². The Hall–Kier alpha value is -1.71. The molecule has 0 radical (unpaired) electrons. The van der Waals surface area contributed by atoms with Crippen LogP contribution < -0.4 is 0 Å². The molecule has 1 aromatic rings. The van der Waals surface area contributed by atoms with Crippen LogP contribution >= 0.6 is 0 Å². The normalized spacial score (nSPS) is 9.93. The van der Waals surface area contributed by atoms with Crippen molar-refractivity contribution in [1.82, 2.24) is 0 Å². The van der Waals surface area contributed by atoms with Crippen molar-refractivity contribution in [2.75, 3.05) is 0 Å². The lowest BCUT2D eigenvalue weighted by atomic mass is 9.98. The predicted molar refractivity (Wildman–Crippen MR) is 52.7 cm³/mol. The molecule has 0 bridgehead atoms. The molecule has 0 fully saturated rings. The summed E-state index contributed by atoms with van der Waals surface area (Å²) < 4.78 is 0. The molecule has 0 unspecified atom stereocenters. The van der Waals surface area contributed by atoms with Gasteiger partial charge in [0.05, 0.1) is 10.5 Å².